The van der Waals surface area contributed by atoms with Gasteiger partial charge in [0.15, 0.2) is 0 Å². The number of hydrogen-bond acceptors (Lipinski definition) is 5. The van der Waals surface area contributed by atoms with Gasteiger partial charge in [0.05, 0.1) is 5.92 Å². The van der Waals surface area contributed by atoms with E-state index in [2.05, 4.69) is 10.1 Å². The fraction of sp³-hybridized carbons (Fsp3) is 0.222. The molecular formula is C18H15ClN4O3. The Kier molecular flexibility index (Phi) is 4.08. The third-order valence-electron chi connectivity index (χ3n) is 4.40. The predicted molar refractivity (Wildman–Crippen MR) is 95.1 cm³/mol. The van der Waals surface area contributed by atoms with Crippen molar-refractivity contribution in [2.24, 2.45) is 7.05 Å². The Hall–Kier alpha value is -2.93. The van der Waals surface area contributed by atoms with Gasteiger partial charge in [-0.05, 0) is 24.3 Å². The second-order valence-electron chi connectivity index (χ2n) is 6.21. The minimum Gasteiger partial charge on any atom is -0.339 e. The summed E-state index contributed by atoms with van der Waals surface area (Å²) in [6.45, 7) is 0.877. The van der Waals surface area contributed by atoms with Gasteiger partial charge in [-0.1, -0.05) is 28.9 Å². The molecule has 3 aromatic rings. The summed E-state index contributed by atoms with van der Waals surface area (Å²) in [7, 11) is 1.62. The van der Waals surface area contributed by atoms with E-state index in [-0.39, 0.29) is 22.9 Å². The SMILES string of the molecule is Cn1cccc(C(=O)N2CC(c3nc(-c4cccc(Cl)c4)no3)C2)c1=O. The zero-order chi connectivity index (χ0) is 18.3. The average molecular weight is 371 g/mol. The molecule has 132 valence electrons. The molecule has 1 saturated heterocycles. The first kappa shape index (κ1) is 16.5. The molecule has 1 fully saturated rings. The lowest BCUT2D eigenvalue weighted by molar-refractivity contribution is 0.0567. The molecule has 3 heterocycles. The molecule has 0 spiro atoms. The lowest BCUT2D eigenvalue weighted by Gasteiger charge is -2.36. The Morgan fingerprint density at radius 1 is 1.27 bits per heavy atom. The van der Waals surface area contributed by atoms with E-state index in [4.69, 9.17) is 16.1 Å². The molecule has 0 unspecified atom stereocenters. The zero-order valence-electron chi connectivity index (χ0n) is 13.9. The molecule has 1 aliphatic rings. The third kappa shape index (κ3) is 2.90. The van der Waals surface area contributed by atoms with Gasteiger partial charge in [-0.15, -0.1) is 0 Å². The molecule has 0 N–H and O–H groups in total. The standard InChI is InChI=1S/C18H15ClN4O3/c1-22-7-3-6-14(17(22)24)18(25)23-9-12(10-23)16-20-15(21-26-16)11-4-2-5-13(19)8-11/h2-8,12H,9-10H2,1H3. The fourth-order valence-electron chi connectivity index (χ4n) is 2.88. The van der Waals surface area contributed by atoms with Crippen LogP contribution in [0, 0.1) is 0 Å². The Labute approximate surface area is 153 Å². The van der Waals surface area contributed by atoms with Crippen LogP contribution in [0.5, 0.6) is 0 Å². The van der Waals surface area contributed by atoms with E-state index in [1.807, 2.05) is 12.1 Å². The van der Waals surface area contributed by atoms with Gasteiger partial charge in [-0.3, -0.25) is 9.59 Å². The number of rotatable bonds is 3. The van der Waals surface area contributed by atoms with Gasteiger partial charge >= 0.3 is 0 Å². The molecular weight excluding hydrogens is 356 g/mol. The summed E-state index contributed by atoms with van der Waals surface area (Å²) in [6.07, 6.45) is 1.62. The van der Waals surface area contributed by atoms with Gasteiger partial charge in [0.25, 0.3) is 11.5 Å². The number of hydrogen-bond donors (Lipinski definition) is 0. The van der Waals surface area contributed by atoms with E-state index < -0.39 is 0 Å². The molecule has 4 rings (SSSR count). The molecule has 26 heavy (non-hydrogen) atoms. The number of amides is 1. The maximum absolute atomic E-state index is 12.5. The molecule has 1 aliphatic heterocycles. The maximum Gasteiger partial charge on any atom is 0.263 e. The second-order valence-corrected chi connectivity index (χ2v) is 6.65. The lowest BCUT2D eigenvalue weighted by atomic mass is 9.99. The van der Waals surface area contributed by atoms with Gasteiger partial charge in [-0.2, -0.15) is 4.98 Å². The van der Waals surface area contributed by atoms with Crippen molar-refractivity contribution in [2.75, 3.05) is 13.1 Å². The second kappa shape index (κ2) is 6.42. The van der Waals surface area contributed by atoms with E-state index in [0.717, 1.165) is 5.56 Å². The van der Waals surface area contributed by atoms with Crippen LogP contribution < -0.4 is 5.56 Å². The number of aromatic nitrogens is 3. The first-order valence-corrected chi connectivity index (χ1v) is 8.45. The topological polar surface area (TPSA) is 81.2 Å². The van der Waals surface area contributed by atoms with Crippen molar-refractivity contribution in [1.29, 1.82) is 0 Å². The lowest BCUT2D eigenvalue weighted by Crippen LogP contribution is -2.50. The van der Waals surface area contributed by atoms with E-state index in [1.54, 1.807) is 42.4 Å². The number of pyridine rings is 1. The number of likely N-dealkylation sites (tertiary alicyclic amines) is 1. The molecule has 0 radical (unpaired) electrons. The summed E-state index contributed by atoms with van der Waals surface area (Å²) >= 11 is 5.98. The van der Waals surface area contributed by atoms with E-state index >= 15 is 0 Å². The van der Waals surface area contributed by atoms with Crippen LogP contribution in [0.4, 0.5) is 0 Å². The Morgan fingerprint density at radius 2 is 2.08 bits per heavy atom. The van der Waals surface area contributed by atoms with Crippen LogP contribution in [0.1, 0.15) is 22.2 Å². The van der Waals surface area contributed by atoms with Crippen LogP contribution in [0.2, 0.25) is 5.02 Å². The van der Waals surface area contributed by atoms with Gasteiger partial charge in [0.2, 0.25) is 11.7 Å². The number of halogens is 1. The molecule has 1 amide bonds. The number of carbonyl (C=O) groups is 1. The van der Waals surface area contributed by atoms with E-state index in [9.17, 15) is 9.59 Å². The summed E-state index contributed by atoms with van der Waals surface area (Å²) in [4.78, 5) is 30.5. The molecule has 2 aromatic heterocycles. The molecule has 1 aromatic carbocycles. The Morgan fingerprint density at radius 3 is 2.85 bits per heavy atom. The van der Waals surface area contributed by atoms with Crippen molar-refractivity contribution in [3.8, 4) is 11.4 Å². The minimum absolute atomic E-state index is 0.0352. The first-order chi connectivity index (χ1) is 12.5. The molecule has 8 heteroatoms. The van der Waals surface area contributed by atoms with E-state index in [1.165, 1.54) is 4.57 Å². The van der Waals surface area contributed by atoms with Crippen molar-refractivity contribution < 1.29 is 9.32 Å². The zero-order valence-corrected chi connectivity index (χ0v) is 14.7. The molecule has 0 bridgehead atoms. The average Bonchev–Trinajstić information content (AvgIpc) is 3.05. The van der Waals surface area contributed by atoms with E-state index in [0.29, 0.717) is 29.8 Å². The van der Waals surface area contributed by atoms with Crippen LogP contribution in [0.3, 0.4) is 0 Å². The Bertz CT molecular complexity index is 1040. The fourth-order valence-corrected chi connectivity index (χ4v) is 3.07. The Balaban J connectivity index is 1.46. The van der Waals surface area contributed by atoms with Crippen LogP contribution in [-0.2, 0) is 7.05 Å². The summed E-state index contributed by atoms with van der Waals surface area (Å²) in [5.41, 5.74) is 0.633. The van der Waals surface area contributed by atoms with Gasteiger partial charge in [0, 0.05) is 36.9 Å². The van der Waals surface area contributed by atoms with Crippen molar-refractivity contribution in [3.63, 3.8) is 0 Å². The first-order valence-electron chi connectivity index (χ1n) is 8.07. The number of aryl methyl sites for hydroxylation is 1. The highest BCUT2D eigenvalue weighted by Crippen LogP contribution is 2.29. The number of nitrogens with zero attached hydrogens (tertiary/aromatic N) is 4. The summed E-state index contributed by atoms with van der Waals surface area (Å²) in [6, 6.07) is 10.4. The quantitative estimate of drug-likeness (QED) is 0.706. The monoisotopic (exact) mass is 370 g/mol. The van der Waals surface area contributed by atoms with Crippen molar-refractivity contribution in [3.05, 3.63) is 69.4 Å². The maximum atomic E-state index is 12.5. The van der Waals surface area contributed by atoms with Gasteiger partial charge in [-0.25, -0.2) is 0 Å². The number of benzene rings is 1. The largest absolute Gasteiger partial charge is 0.339 e. The van der Waals surface area contributed by atoms with Crippen LogP contribution in [0.25, 0.3) is 11.4 Å². The molecule has 0 saturated carbocycles. The highest BCUT2D eigenvalue weighted by Gasteiger charge is 2.36. The molecule has 0 atom stereocenters. The molecule has 0 aliphatic carbocycles. The third-order valence-corrected chi connectivity index (χ3v) is 4.63. The van der Waals surface area contributed by atoms with Crippen LogP contribution in [0.15, 0.2) is 51.9 Å². The van der Waals surface area contributed by atoms with Gasteiger partial charge in [0.1, 0.15) is 5.56 Å². The van der Waals surface area contributed by atoms with Crippen LogP contribution in [-0.4, -0.2) is 38.6 Å². The smallest absolute Gasteiger partial charge is 0.263 e. The minimum atomic E-state index is -0.304. The molecule has 7 nitrogen and oxygen atoms in total. The van der Waals surface area contributed by atoms with Crippen molar-refractivity contribution in [2.45, 2.75) is 5.92 Å². The highest BCUT2D eigenvalue weighted by atomic mass is 35.5. The van der Waals surface area contributed by atoms with Crippen molar-refractivity contribution >= 4 is 17.5 Å². The number of carbonyl (C=O) groups excluding carboxylic acids is 1. The normalized spacial score (nSPS) is 14.3. The predicted octanol–water partition coefficient (Wildman–Crippen LogP) is 2.33. The summed E-state index contributed by atoms with van der Waals surface area (Å²) < 4.78 is 6.72. The summed E-state index contributed by atoms with van der Waals surface area (Å²) in [5, 5.41) is 4.58. The highest BCUT2D eigenvalue weighted by molar-refractivity contribution is 6.30. The van der Waals surface area contributed by atoms with Gasteiger partial charge < -0.3 is 14.0 Å². The van der Waals surface area contributed by atoms with Crippen LogP contribution >= 0.6 is 11.6 Å². The summed E-state index contributed by atoms with van der Waals surface area (Å²) in [5.74, 6) is 0.623. The van der Waals surface area contributed by atoms with Crippen molar-refractivity contribution in [1.82, 2.24) is 19.6 Å².